The molecule has 2 aromatic rings. The highest BCUT2D eigenvalue weighted by molar-refractivity contribution is 5.97. The number of methoxy groups -OCH3 is 1. The van der Waals surface area contributed by atoms with Crippen molar-refractivity contribution in [3.05, 3.63) is 47.4 Å². The van der Waals surface area contributed by atoms with Crippen molar-refractivity contribution in [1.82, 2.24) is 9.97 Å². The average Bonchev–Trinajstić information content (AvgIpc) is 3.05. The van der Waals surface area contributed by atoms with E-state index in [9.17, 15) is 31.5 Å². The number of nitrogens with two attached hydrogens (primary N) is 1. The van der Waals surface area contributed by atoms with Gasteiger partial charge in [0.15, 0.2) is 5.60 Å². The Morgan fingerprint density at radius 2 is 1.94 bits per heavy atom. The lowest BCUT2D eigenvalue weighted by molar-refractivity contribution is -0.272. The van der Waals surface area contributed by atoms with Gasteiger partial charge in [-0.2, -0.15) is 13.2 Å². The molecular formula is C21H21F5N4O4. The number of nitrogens with zero attached hydrogens (tertiary/aromatic N) is 2. The van der Waals surface area contributed by atoms with Crippen molar-refractivity contribution in [2.75, 3.05) is 12.4 Å². The normalized spacial score (nSPS) is 24.8. The standard InChI is InChI=1S/C21H21F5N4O4/c1-9-14(11-4-5-12(16(22)23)30-19(11)33-3)15(34-20(9,2)21(24,25)26)18(32)29-10-6-7-28-13(8-10)17(27)31/h4-9,14-16H,1-3H3,(H2,27,31)(H,28,29,32)/t9-,14+,15-,20-/m1/s1. The Kier molecular flexibility index (Phi) is 6.78. The van der Waals surface area contributed by atoms with Crippen LogP contribution in [0.4, 0.5) is 27.6 Å². The Hall–Kier alpha value is -3.35. The van der Waals surface area contributed by atoms with E-state index >= 15 is 0 Å². The lowest BCUT2D eigenvalue weighted by Gasteiger charge is -2.31. The molecule has 0 radical (unpaired) electrons. The molecule has 13 heteroatoms. The van der Waals surface area contributed by atoms with Gasteiger partial charge in [-0.05, 0) is 25.1 Å². The number of carbonyl (C=O) groups excluding carboxylic acids is 2. The quantitative estimate of drug-likeness (QED) is 0.601. The van der Waals surface area contributed by atoms with Crippen LogP contribution >= 0.6 is 0 Å². The molecule has 34 heavy (non-hydrogen) atoms. The molecule has 0 unspecified atom stereocenters. The van der Waals surface area contributed by atoms with E-state index in [4.69, 9.17) is 15.2 Å². The van der Waals surface area contributed by atoms with E-state index in [0.29, 0.717) is 0 Å². The zero-order valence-corrected chi connectivity index (χ0v) is 18.2. The molecule has 4 atom stereocenters. The van der Waals surface area contributed by atoms with E-state index in [0.717, 1.165) is 32.2 Å². The van der Waals surface area contributed by atoms with Crippen molar-refractivity contribution in [1.29, 1.82) is 0 Å². The number of primary amides is 1. The van der Waals surface area contributed by atoms with Crippen molar-refractivity contribution >= 4 is 17.5 Å². The molecule has 1 aliphatic rings. The molecule has 0 bridgehead atoms. The Labute approximate surface area is 190 Å². The predicted octanol–water partition coefficient (Wildman–Crippen LogP) is 3.60. The highest BCUT2D eigenvalue weighted by Gasteiger charge is 2.65. The van der Waals surface area contributed by atoms with Crippen LogP contribution in [0.15, 0.2) is 30.5 Å². The molecule has 0 spiro atoms. The highest BCUT2D eigenvalue weighted by atomic mass is 19.4. The fourth-order valence-corrected chi connectivity index (χ4v) is 3.88. The van der Waals surface area contributed by atoms with E-state index in [-0.39, 0.29) is 22.8 Å². The number of ether oxygens (including phenoxy) is 2. The molecule has 1 aliphatic heterocycles. The van der Waals surface area contributed by atoms with Gasteiger partial charge in [0.2, 0.25) is 5.88 Å². The Balaban J connectivity index is 2.05. The monoisotopic (exact) mass is 488 g/mol. The van der Waals surface area contributed by atoms with E-state index in [1.807, 2.05) is 0 Å². The van der Waals surface area contributed by atoms with Gasteiger partial charge in [-0.15, -0.1) is 0 Å². The fourth-order valence-electron chi connectivity index (χ4n) is 3.88. The Morgan fingerprint density at radius 1 is 1.26 bits per heavy atom. The summed E-state index contributed by atoms with van der Waals surface area (Å²) < 4.78 is 78.5. The first-order valence-corrected chi connectivity index (χ1v) is 9.94. The lowest BCUT2D eigenvalue weighted by atomic mass is 9.77. The van der Waals surface area contributed by atoms with Crippen LogP contribution in [0.25, 0.3) is 0 Å². The third-order valence-corrected chi connectivity index (χ3v) is 5.89. The van der Waals surface area contributed by atoms with Crippen LogP contribution in [-0.2, 0) is 9.53 Å². The first-order chi connectivity index (χ1) is 15.8. The molecule has 0 aliphatic carbocycles. The SMILES string of the molecule is COc1nc(C(F)F)ccc1[C@@H]1[C@@H](C)[C@](C)(C(F)(F)F)O[C@H]1C(=O)Nc1ccnc(C(N)=O)c1. The van der Waals surface area contributed by atoms with Gasteiger partial charge in [-0.25, -0.2) is 13.8 Å². The summed E-state index contributed by atoms with van der Waals surface area (Å²) in [7, 11) is 1.13. The van der Waals surface area contributed by atoms with Crippen molar-refractivity contribution < 1.29 is 41.0 Å². The summed E-state index contributed by atoms with van der Waals surface area (Å²) in [5.74, 6) is -4.79. The van der Waals surface area contributed by atoms with Gasteiger partial charge in [-0.1, -0.05) is 13.0 Å². The topological polar surface area (TPSA) is 116 Å². The second kappa shape index (κ2) is 9.12. The predicted molar refractivity (Wildman–Crippen MR) is 108 cm³/mol. The van der Waals surface area contributed by atoms with Crippen LogP contribution in [0, 0.1) is 5.92 Å². The first-order valence-electron chi connectivity index (χ1n) is 9.94. The molecule has 0 saturated carbocycles. The number of pyridine rings is 2. The molecule has 1 fully saturated rings. The van der Waals surface area contributed by atoms with E-state index in [2.05, 4.69) is 15.3 Å². The largest absolute Gasteiger partial charge is 0.481 e. The maximum absolute atomic E-state index is 14.0. The number of hydrogen-bond acceptors (Lipinski definition) is 6. The molecule has 3 rings (SSSR count). The lowest BCUT2D eigenvalue weighted by Crippen LogP contribution is -2.47. The van der Waals surface area contributed by atoms with Gasteiger partial charge in [0.25, 0.3) is 18.2 Å². The van der Waals surface area contributed by atoms with E-state index < -0.39 is 53.7 Å². The summed E-state index contributed by atoms with van der Waals surface area (Å²) in [5, 5.41) is 2.40. The number of anilines is 1. The average molecular weight is 488 g/mol. The zero-order chi connectivity index (χ0) is 25.4. The molecule has 2 amide bonds. The number of halogens is 5. The Morgan fingerprint density at radius 3 is 2.50 bits per heavy atom. The number of rotatable bonds is 6. The van der Waals surface area contributed by atoms with Crippen molar-refractivity contribution in [3.8, 4) is 5.88 Å². The van der Waals surface area contributed by atoms with Crippen LogP contribution in [0.3, 0.4) is 0 Å². The number of amides is 2. The maximum Gasteiger partial charge on any atom is 0.417 e. The number of aromatic nitrogens is 2. The van der Waals surface area contributed by atoms with Crippen molar-refractivity contribution in [3.63, 3.8) is 0 Å². The van der Waals surface area contributed by atoms with Crippen LogP contribution in [0.2, 0.25) is 0 Å². The summed E-state index contributed by atoms with van der Waals surface area (Å²) >= 11 is 0. The zero-order valence-electron chi connectivity index (χ0n) is 18.2. The minimum Gasteiger partial charge on any atom is -0.481 e. The van der Waals surface area contributed by atoms with Crippen molar-refractivity contribution in [2.45, 2.75) is 44.1 Å². The molecule has 3 heterocycles. The van der Waals surface area contributed by atoms with Crippen molar-refractivity contribution in [2.24, 2.45) is 11.7 Å². The highest BCUT2D eigenvalue weighted by Crippen LogP contribution is 2.54. The van der Waals surface area contributed by atoms with E-state index in [1.54, 1.807) is 0 Å². The van der Waals surface area contributed by atoms with Gasteiger partial charge in [0, 0.05) is 29.3 Å². The summed E-state index contributed by atoms with van der Waals surface area (Å²) in [6.07, 6.45) is -8.33. The second-order valence-corrected chi connectivity index (χ2v) is 7.88. The summed E-state index contributed by atoms with van der Waals surface area (Å²) in [6.45, 7) is 2.05. The molecule has 0 aromatic carbocycles. The maximum atomic E-state index is 14.0. The number of alkyl halides is 5. The Bertz CT molecular complexity index is 1100. The van der Waals surface area contributed by atoms with Crippen LogP contribution in [0.5, 0.6) is 5.88 Å². The van der Waals surface area contributed by atoms with Gasteiger partial charge >= 0.3 is 6.18 Å². The summed E-state index contributed by atoms with van der Waals surface area (Å²) in [4.78, 5) is 31.8. The number of hydrogen-bond donors (Lipinski definition) is 2. The molecule has 2 aromatic heterocycles. The van der Waals surface area contributed by atoms with Crippen LogP contribution < -0.4 is 15.8 Å². The minimum absolute atomic E-state index is 0.0000725. The summed E-state index contributed by atoms with van der Waals surface area (Å²) in [5.41, 5.74) is 1.65. The van der Waals surface area contributed by atoms with Gasteiger partial charge < -0.3 is 20.5 Å². The van der Waals surface area contributed by atoms with Gasteiger partial charge in [-0.3, -0.25) is 14.6 Å². The first kappa shape index (κ1) is 25.3. The third kappa shape index (κ3) is 4.52. The molecular weight excluding hydrogens is 467 g/mol. The fraction of sp³-hybridized carbons (Fsp3) is 0.429. The molecule has 1 saturated heterocycles. The second-order valence-electron chi connectivity index (χ2n) is 7.88. The molecule has 184 valence electrons. The van der Waals surface area contributed by atoms with Gasteiger partial charge in [0.1, 0.15) is 17.5 Å². The van der Waals surface area contributed by atoms with Crippen LogP contribution in [-0.4, -0.2) is 46.8 Å². The minimum atomic E-state index is -4.86. The number of carbonyl (C=O) groups is 2. The molecule has 3 N–H and O–H groups in total. The smallest absolute Gasteiger partial charge is 0.417 e. The molecule has 8 nitrogen and oxygen atoms in total. The summed E-state index contributed by atoms with van der Waals surface area (Å²) in [6, 6.07) is 4.56. The number of nitrogens with one attached hydrogen (secondary N) is 1. The van der Waals surface area contributed by atoms with Gasteiger partial charge in [0.05, 0.1) is 7.11 Å². The third-order valence-electron chi connectivity index (χ3n) is 5.89. The van der Waals surface area contributed by atoms with Crippen LogP contribution in [0.1, 0.15) is 47.9 Å². The van der Waals surface area contributed by atoms with E-state index in [1.165, 1.54) is 19.2 Å².